The van der Waals surface area contributed by atoms with Crippen molar-refractivity contribution in [2.24, 2.45) is 0 Å². The second kappa shape index (κ2) is 8.75. The van der Waals surface area contributed by atoms with Crippen LogP contribution >= 0.6 is 0 Å². The number of alkyl carbamates (subject to hydrolysis) is 1. The molecule has 1 atom stereocenters. The smallest absolute Gasteiger partial charge is 0.407 e. The van der Waals surface area contributed by atoms with Crippen LogP contribution in [0.5, 0.6) is 5.75 Å². The Balaban J connectivity index is 1.61. The van der Waals surface area contributed by atoms with Crippen molar-refractivity contribution in [3.63, 3.8) is 0 Å². The fourth-order valence-electron chi connectivity index (χ4n) is 3.36. The number of ether oxygens (including phenoxy) is 2. The van der Waals surface area contributed by atoms with Crippen molar-refractivity contribution in [1.82, 2.24) is 15.5 Å². The van der Waals surface area contributed by atoms with E-state index in [1.54, 1.807) is 32.9 Å². The first kappa shape index (κ1) is 22.3. The summed E-state index contributed by atoms with van der Waals surface area (Å²) in [5, 5.41) is 4.77. The third kappa shape index (κ3) is 5.01. The van der Waals surface area contributed by atoms with Crippen molar-refractivity contribution in [2.75, 3.05) is 13.2 Å². The summed E-state index contributed by atoms with van der Waals surface area (Å²) in [6.45, 7) is 5.79. The molecule has 0 saturated carbocycles. The van der Waals surface area contributed by atoms with Gasteiger partial charge in [-0.3, -0.25) is 29.4 Å². The third-order valence-electron chi connectivity index (χ3n) is 4.68. The van der Waals surface area contributed by atoms with E-state index >= 15 is 0 Å². The lowest BCUT2D eigenvalue weighted by molar-refractivity contribution is -0.136. The molecule has 5 amide bonds. The molecule has 3 rings (SSSR count). The Morgan fingerprint density at radius 3 is 2.61 bits per heavy atom. The molecule has 2 N–H and O–H groups in total. The van der Waals surface area contributed by atoms with E-state index in [9.17, 15) is 24.0 Å². The second-order valence-corrected chi connectivity index (χ2v) is 8.26. The molecule has 0 radical (unpaired) electrons. The minimum Gasteiger partial charge on any atom is -0.493 e. The molecule has 1 aromatic carbocycles. The maximum Gasteiger partial charge on any atom is 0.407 e. The molecule has 31 heavy (non-hydrogen) atoms. The van der Waals surface area contributed by atoms with Crippen molar-refractivity contribution in [2.45, 2.75) is 51.7 Å². The summed E-state index contributed by atoms with van der Waals surface area (Å²) >= 11 is 0. The number of rotatable bonds is 6. The first-order valence-corrected chi connectivity index (χ1v) is 10.0. The summed E-state index contributed by atoms with van der Waals surface area (Å²) in [5.74, 6) is -2.09. The predicted molar refractivity (Wildman–Crippen MR) is 107 cm³/mol. The molecule has 0 aliphatic carbocycles. The van der Waals surface area contributed by atoms with E-state index in [1.807, 2.05) is 0 Å². The molecule has 2 aliphatic heterocycles. The zero-order valence-corrected chi connectivity index (χ0v) is 17.6. The minimum absolute atomic E-state index is 0.0534. The van der Waals surface area contributed by atoms with Gasteiger partial charge in [-0.15, -0.1) is 0 Å². The molecule has 2 aliphatic rings. The van der Waals surface area contributed by atoms with E-state index < -0.39 is 41.4 Å². The zero-order chi connectivity index (χ0) is 22.8. The van der Waals surface area contributed by atoms with E-state index in [0.29, 0.717) is 13.0 Å². The summed E-state index contributed by atoms with van der Waals surface area (Å²) in [5.41, 5.74) is -0.344. The van der Waals surface area contributed by atoms with Crippen LogP contribution in [0.1, 0.15) is 60.7 Å². The van der Waals surface area contributed by atoms with Gasteiger partial charge in [0.05, 0.1) is 17.7 Å². The minimum atomic E-state index is -1.03. The normalized spacial score (nSPS) is 18.5. The molecule has 1 aromatic rings. The molecule has 10 heteroatoms. The lowest BCUT2D eigenvalue weighted by atomic mass is 10.0. The Bertz CT molecular complexity index is 935. The Morgan fingerprint density at radius 1 is 1.19 bits per heavy atom. The van der Waals surface area contributed by atoms with Gasteiger partial charge in [-0.1, -0.05) is 6.07 Å². The molecular formula is C21H25N3O7. The summed E-state index contributed by atoms with van der Waals surface area (Å²) in [6.07, 6.45) is 0.0521. The number of nitrogens with one attached hydrogen (secondary N) is 2. The molecule has 1 saturated heterocycles. The van der Waals surface area contributed by atoms with Gasteiger partial charge < -0.3 is 14.8 Å². The number of carbonyl (C=O) groups excluding carboxylic acids is 5. The first-order chi connectivity index (χ1) is 14.6. The highest BCUT2D eigenvalue weighted by Gasteiger charge is 2.45. The van der Waals surface area contributed by atoms with Gasteiger partial charge in [0, 0.05) is 13.0 Å². The van der Waals surface area contributed by atoms with Crippen LogP contribution in [-0.4, -0.2) is 59.4 Å². The average Bonchev–Trinajstić information content (AvgIpc) is 2.92. The van der Waals surface area contributed by atoms with Crippen molar-refractivity contribution >= 4 is 29.7 Å². The van der Waals surface area contributed by atoms with Crippen LogP contribution in [0.15, 0.2) is 18.2 Å². The average molecular weight is 431 g/mol. The fourth-order valence-corrected chi connectivity index (χ4v) is 3.36. The molecule has 0 bridgehead atoms. The maximum absolute atomic E-state index is 13.0. The van der Waals surface area contributed by atoms with Gasteiger partial charge in [0.15, 0.2) is 0 Å². The number of hydrogen-bond donors (Lipinski definition) is 2. The second-order valence-electron chi connectivity index (χ2n) is 8.26. The molecule has 10 nitrogen and oxygen atoms in total. The van der Waals surface area contributed by atoms with Gasteiger partial charge >= 0.3 is 6.09 Å². The number of piperidine rings is 1. The Kier molecular flexibility index (Phi) is 6.28. The van der Waals surface area contributed by atoms with Crippen molar-refractivity contribution in [3.8, 4) is 5.75 Å². The van der Waals surface area contributed by atoms with Crippen molar-refractivity contribution in [1.29, 1.82) is 0 Å². The monoisotopic (exact) mass is 431 g/mol. The van der Waals surface area contributed by atoms with Crippen LogP contribution < -0.4 is 15.4 Å². The zero-order valence-electron chi connectivity index (χ0n) is 17.6. The van der Waals surface area contributed by atoms with Crippen LogP contribution in [0, 0.1) is 0 Å². The van der Waals surface area contributed by atoms with Gasteiger partial charge in [-0.25, -0.2) is 4.79 Å². The first-order valence-electron chi connectivity index (χ1n) is 10.0. The van der Waals surface area contributed by atoms with Gasteiger partial charge in [-0.2, -0.15) is 0 Å². The summed E-state index contributed by atoms with van der Waals surface area (Å²) in [4.78, 5) is 61.8. The topological polar surface area (TPSA) is 131 Å². The number of amides is 5. The molecular weight excluding hydrogens is 406 g/mol. The summed E-state index contributed by atoms with van der Waals surface area (Å²) < 4.78 is 10.8. The standard InChI is InChI=1S/C21H25N3O7/c1-21(2,3)31-20(29)22-10-5-11-30-14-7-4-6-12-16(14)19(28)24(18(12)27)13-8-9-15(25)23-17(13)26/h4,6-7,13H,5,8-11H2,1-3H3,(H,22,29)(H,23,25,26). The van der Waals surface area contributed by atoms with Crippen LogP contribution in [0.3, 0.4) is 0 Å². The molecule has 166 valence electrons. The number of imide groups is 2. The van der Waals surface area contributed by atoms with Crippen LogP contribution in [0.25, 0.3) is 0 Å². The number of nitrogens with zero attached hydrogens (tertiary/aromatic N) is 1. The number of carbonyl (C=O) groups is 5. The fraction of sp³-hybridized carbons (Fsp3) is 0.476. The van der Waals surface area contributed by atoms with E-state index in [1.165, 1.54) is 6.07 Å². The van der Waals surface area contributed by atoms with Gasteiger partial charge in [0.25, 0.3) is 11.8 Å². The lowest BCUT2D eigenvalue weighted by Crippen LogP contribution is -2.54. The number of hydrogen-bond acceptors (Lipinski definition) is 7. The third-order valence-corrected chi connectivity index (χ3v) is 4.68. The van der Waals surface area contributed by atoms with Crippen LogP contribution in [0.2, 0.25) is 0 Å². The number of fused-ring (bicyclic) bond motifs is 1. The SMILES string of the molecule is CC(C)(C)OC(=O)NCCCOc1cccc2c1C(=O)N(C1CCC(=O)NC1=O)C2=O. The van der Waals surface area contributed by atoms with E-state index in [0.717, 1.165) is 4.90 Å². The highest BCUT2D eigenvalue weighted by Crippen LogP contribution is 2.33. The number of benzene rings is 1. The van der Waals surface area contributed by atoms with Gasteiger partial charge in [0.1, 0.15) is 17.4 Å². The molecule has 2 heterocycles. The Hall–Kier alpha value is -3.43. The Labute approximate surface area is 179 Å². The highest BCUT2D eigenvalue weighted by atomic mass is 16.6. The van der Waals surface area contributed by atoms with Crippen molar-refractivity contribution < 1.29 is 33.4 Å². The molecule has 1 fully saturated rings. The van der Waals surface area contributed by atoms with Gasteiger partial charge in [0.2, 0.25) is 11.8 Å². The quantitative estimate of drug-likeness (QED) is 0.514. The van der Waals surface area contributed by atoms with Crippen LogP contribution in [-0.2, 0) is 14.3 Å². The van der Waals surface area contributed by atoms with E-state index in [4.69, 9.17) is 9.47 Å². The van der Waals surface area contributed by atoms with Crippen molar-refractivity contribution in [3.05, 3.63) is 29.3 Å². The summed E-state index contributed by atoms with van der Waals surface area (Å²) in [7, 11) is 0. The largest absolute Gasteiger partial charge is 0.493 e. The van der Waals surface area contributed by atoms with E-state index in [-0.39, 0.29) is 36.3 Å². The summed E-state index contributed by atoms with van der Waals surface area (Å²) in [6, 6.07) is 3.63. The van der Waals surface area contributed by atoms with E-state index in [2.05, 4.69) is 10.6 Å². The van der Waals surface area contributed by atoms with Gasteiger partial charge in [-0.05, 0) is 45.7 Å². The predicted octanol–water partition coefficient (Wildman–Crippen LogP) is 1.38. The molecule has 0 spiro atoms. The molecule has 1 unspecified atom stereocenters. The maximum atomic E-state index is 13.0. The Morgan fingerprint density at radius 2 is 1.94 bits per heavy atom. The highest BCUT2D eigenvalue weighted by molar-refractivity contribution is 6.24. The lowest BCUT2D eigenvalue weighted by Gasteiger charge is -2.27. The van der Waals surface area contributed by atoms with Crippen LogP contribution in [0.4, 0.5) is 4.79 Å². The molecule has 0 aromatic heterocycles.